The Balaban J connectivity index is 2.64. The lowest BCUT2D eigenvalue weighted by Crippen LogP contribution is -2.06. The van der Waals surface area contributed by atoms with Crippen molar-refractivity contribution in [3.8, 4) is 0 Å². The van der Waals surface area contributed by atoms with Crippen molar-refractivity contribution in [2.24, 2.45) is 5.73 Å². The molecule has 0 spiro atoms. The molecule has 3 N–H and O–H groups in total. The Morgan fingerprint density at radius 3 is 2.93 bits per heavy atom. The molecule has 1 aromatic rings. The fraction of sp³-hybridized carbons (Fsp3) is 0.700. The number of thiazole rings is 1. The molecule has 1 aromatic heterocycles. The molecule has 1 atom stereocenters. The molecule has 1 heterocycles. The van der Waals surface area contributed by atoms with Crippen LogP contribution in [0.4, 0.5) is 0 Å². The summed E-state index contributed by atoms with van der Waals surface area (Å²) in [5, 5.41) is 10.5. The lowest BCUT2D eigenvalue weighted by molar-refractivity contribution is 0.0418. The molecule has 0 aromatic carbocycles. The summed E-state index contributed by atoms with van der Waals surface area (Å²) in [7, 11) is 0. The number of nitrogens with zero attached hydrogens (tertiary/aromatic N) is 1. The Kier molecular flexibility index (Phi) is 5.17. The molecule has 0 saturated heterocycles. The standard InChI is InChI=1S/C10H18N2O2S/c1-3-14-6-8(13)10-12-7(2)9(15-10)4-5-11/h8,13H,3-6,11H2,1-2H3. The van der Waals surface area contributed by atoms with Crippen LogP contribution in [-0.2, 0) is 11.2 Å². The molecule has 0 aliphatic carbocycles. The van der Waals surface area contributed by atoms with Crippen molar-refractivity contribution >= 4 is 11.3 Å². The Morgan fingerprint density at radius 2 is 2.33 bits per heavy atom. The Labute approximate surface area is 94.1 Å². The van der Waals surface area contributed by atoms with Gasteiger partial charge in [0.25, 0.3) is 0 Å². The fourth-order valence-electron chi connectivity index (χ4n) is 1.26. The summed E-state index contributed by atoms with van der Waals surface area (Å²) >= 11 is 1.52. The number of nitrogens with two attached hydrogens (primary N) is 1. The van der Waals surface area contributed by atoms with Crippen LogP contribution < -0.4 is 5.73 Å². The van der Waals surface area contributed by atoms with Crippen LogP contribution in [0.1, 0.15) is 28.6 Å². The van der Waals surface area contributed by atoms with Gasteiger partial charge < -0.3 is 15.6 Å². The van der Waals surface area contributed by atoms with Gasteiger partial charge in [0.2, 0.25) is 0 Å². The van der Waals surface area contributed by atoms with E-state index in [0.717, 1.165) is 22.0 Å². The van der Waals surface area contributed by atoms with Crippen molar-refractivity contribution in [3.63, 3.8) is 0 Å². The Hall–Kier alpha value is -0.490. The van der Waals surface area contributed by atoms with Gasteiger partial charge in [-0.1, -0.05) is 0 Å². The van der Waals surface area contributed by atoms with Gasteiger partial charge in [0.1, 0.15) is 11.1 Å². The molecule has 0 radical (unpaired) electrons. The Bertz CT molecular complexity index is 302. The van der Waals surface area contributed by atoms with Crippen molar-refractivity contribution in [1.29, 1.82) is 0 Å². The third kappa shape index (κ3) is 3.53. The summed E-state index contributed by atoms with van der Waals surface area (Å²) < 4.78 is 5.15. The van der Waals surface area contributed by atoms with E-state index in [2.05, 4.69) is 4.98 Å². The van der Waals surface area contributed by atoms with E-state index in [-0.39, 0.29) is 0 Å². The predicted octanol–water partition coefficient (Wildman–Crippen LogP) is 1.02. The molecule has 5 heteroatoms. The fourth-order valence-corrected chi connectivity index (χ4v) is 2.31. The van der Waals surface area contributed by atoms with Gasteiger partial charge in [-0.3, -0.25) is 0 Å². The van der Waals surface area contributed by atoms with Crippen molar-refractivity contribution in [2.45, 2.75) is 26.4 Å². The molecule has 1 unspecified atom stereocenters. The summed E-state index contributed by atoms with van der Waals surface area (Å²) in [4.78, 5) is 5.47. The number of aryl methyl sites for hydroxylation is 1. The second-order valence-electron chi connectivity index (χ2n) is 3.27. The highest BCUT2D eigenvalue weighted by Gasteiger charge is 2.14. The number of hydrogen-bond acceptors (Lipinski definition) is 5. The smallest absolute Gasteiger partial charge is 0.129 e. The average molecular weight is 230 g/mol. The van der Waals surface area contributed by atoms with Crippen LogP contribution in [-0.4, -0.2) is 29.8 Å². The molecule has 0 saturated carbocycles. The lowest BCUT2D eigenvalue weighted by Gasteiger charge is -2.06. The van der Waals surface area contributed by atoms with E-state index in [1.54, 1.807) is 0 Å². The van der Waals surface area contributed by atoms with Gasteiger partial charge in [0.15, 0.2) is 0 Å². The second kappa shape index (κ2) is 6.17. The Morgan fingerprint density at radius 1 is 1.60 bits per heavy atom. The lowest BCUT2D eigenvalue weighted by atomic mass is 10.3. The summed E-state index contributed by atoms with van der Waals surface area (Å²) in [6, 6.07) is 0. The monoisotopic (exact) mass is 230 g/mol. The molecular formula is C10H18N2O2S. The van der Waals surface area contributed by atoms with Crippen LogP contribution in [0.25, 0.3) is 0 Å². The van der Waals surface area contributed by atoms with Crippen LogP contribution in [0.5, 0.6) is 0 Å². The van der Waals surface area contributed by atoms with Crippen molar-refractivity contribution in [2.75, 3.05) is 19.8 Å². The van der Waals surface area contributed by atoms with Crippen molar-refractivity contribution < 1.29 is 9.84 Å². The molecule has 0 aliphatic rings. The van der Waals surface area contributed by atoms with E-state index in [0.29, 0.717) is 19.8 Å². The minimum absolute atomic E-state index is 0.311. The van der Waals surface area contributed by atoms with Crippen LogP contribution in [0.2, 0.25) is 0 Å². The number of aromatic nitrogens is 1. The number of aliphatic hydroxyl groups excluding tert-OH is 1. The first kappa shape index (κ1) is 12.6. The predicted molar refractivity (Wildman–Crippen MR) is 61.1 cm³/mol. The van der Waals surface area contributed by atoms with Gasteiger partial charge in [-0.05, 0) is 26.8 Å². The highest BCUT2D eigenvalue weighted by molar-refractivity contribution is 7.11. The van der Waals surface area contributed by atoms with Crippen LogP contribution in [0, 0.1) is 6.92 Å². The minimum atomic E-state index is -0.611. The topological polar surface area (TPSA) is 68.4 Å². The maximum atomic E-state index is 9.75. The summed E-state index contributed by atoms with van der Waals surface area (Å²) in [5.41, 5.74) is 6.46. The first-order valence-corrected chi connectivity index (χ1v) is 5.92. The summed E-state index contributed by atoms with van der Waals surface area (Å²) in [6.07, 6.45) is 0.213. The van der Waals surface area contributed by atoms with Crippen molar-refractivity contribution in [3.05, 3.63) is 15.6 Å². The number of aliphatic hydroxyl groups is 1. The zero-order valence-electron chi connectivity index (χ0n) is 9.19. The van der Waals surface area contributed by atoms with Crippen molar-refractivity contribution in [1.82, 2.24) is 4.98 Å². The van der Waals surface area contributed by atoms with E-state index in [4.69, 9.17) is 10.5 Å². The van der Waals surface area contributed by atoms with Gasteiger partial charge in [0, 0.05) is 11.5 Å². The van der Waals surface area contributed by atoms with E-state index < -0.39 is 6.10 Å². The zero-order chi connectivity index (χ0) is 11.3. The highest BCUT2D eigenvalue weighted by atomic mass is 32.1. The molecule has 0 fully saturated rings. The van der Waals surface area contributed by atoms with Crippen LogP contribution >= 0.6 is 11.3 Å². The third-order valence-corrected chi connectivity index (χ3v) is 3.36. The molecule has 86 valence electrons. The van der Waals surface area contributed by atoms with E-state index in [1.165, 1.54) is 11.3 Å². The summed E-state index contributed by atoms with van der Waals surface area (Å²) in [6.45, 7) is 5.38. The van der Waals surface area contributed by atoms with Gasteiger partial charge in [0.05, 0.1) is 12.3 Å². The van der Waals surface area contributed by atoms with E-state index >= 15 is 0 Å². The maximum absolute atomic E-state index is 9.75. The summed E-state index contributed by atoms with van der Waals surface area (Å²) in [5.74, 6) is 0. The number of ether oxygens (including phenoxy) is 1. The highest BCUT2D eigenvalue weighted by Crippen LogP contribution is 2.24. The van der Waals surface area contributed by atoms with E-state index in [9.17, 15) is 5.11 Å². The largest absolute Gasteiger partial charge is 0.383 e. The first-order valence-electron chi connectivity index (χ1n) is 5.11. The van der Waals surface area contributed by atoms with Gasteiger partial charge in [-0.15, -0.1) is 11.3 Å². The van der Waals surface area contributed by atoms with Gasteiger partial charge in [-0.25, -0.2) is 4.98 Å². The maximum Gasteiger partial charge on any atom is 0.129 e. The molecule has 0 bridgehead atoms. The quantitative estimate of drug-likeness (QED) is 0.765. The van der Waals surface area contributed by atoms with E-state index in [1.807, 2.05) is 13.8 Å². The first-order chi connectivity index (χ1) is 7.19. The number of rotatable bonds is 6. The van der Waals surface area contributed by atoms with Crippen LogP contribution in [0.15, 0.2) is 0 Å². The molecule has 4 nitrogen and oxygen atoms in total. The van der Waals surface area contributed by atoms with Gasteiger partial charge in [-0.2, -0.15) is 0 Å². The zero-order valence-corrected chi connectivity index (χ0v) is 10.0. The third-order valence-electron chi connectivity index (χ3n) is 2.05. The SMILES string of the molecule is CCOCC(O)c1nc(C)c(CCN)s1. The van der Waals surface area contributed by atoms with Crippen LogP contribution in [0.3, 0.4) is 0 Å². The molecule has 15 heavy (non-hydrogen) atoms. The molecule has 1 rings (SSSR count). The number of hydrogen-bond donors (Lipinski definition) is 2. The molecule has 0 aliphatic heterocycles. The second-order valence-corrected chi connectivity index (χ2v) is 4.39. The normalized spacial score (nSPS) is 13.1. The van der Waals surface area contributed by atoms with Gasteiger partial charge >= 0.3 is 0 Å². The molecular weight excluding hydrogens is 212 g/mol. The molecule has 0 amide bonds. The minimum Gasteiger partial charge on any atom is -0.383 e. The average Bonchev–Trinajstić information content (AvgIpc) is 2.58.